The molecule has 0 bridgehead atoms. The van der Waals surface area contributed by atoms with E-state index in [-0.39, 0.29) is 5.69 Å². The molecule has 15 heavy (non-hydrogen) atoms. The smallest absolute Gasteiger partial charge is 0.358 e. The van der Waals surface area contributed by atoms with Crippen LogP contribution >= 0.6 is 0 Å². The van der Waals surface area contributed by atoms with Crippen LogP contribution in [0.25, 0.3) is 0 Å². The molecule has 1 fully saturated rings. The Bertz CT molecular complexity index is 370. The van der Waals surface area contributed by atoms with E-state index in [0.717, 1.165) is 6.54 Å². The number of carboxylic acid groups (broad SMARTS) is 1. The average Bonchev–Trinajstić information content (AvgIpc) is 2.90. The van der Waals surface area contributed by atoms with Crippen molar-refractivity contribution in [3.63, 3.8) is 0 Å². The molecular formula is C9H14N4O2. The van der Waals surface area contributed by atoms with Crippen LogP contribution in [0, 0.1) is 5.92 Å². The van der Waals surface area contributed by atoms with Crippen LogP contribution in [0.15, 0.2) is 0 Å². The first-order valence-electron chi connectivity index (χ1n) is 5.08. The molecule has 0 radical (unpaired) electrons. The molecule has 6 heteroatoms. The largest absolute Gasteiger partial charge is 0.476 e. The van der Waals surface area contributed by atoms with Gasteiger partial charge in [-0.15, -0.1) is 5.10 Å². The molecule has 1 saturated carbocycles. The molecule has 82 valence electrons. The Morgan fingerprint density at radius 2 is 2.33 bits per heavy atom. The first-order valence-corrected chi connectivity index (χ1v) is 5.08. The van der Waals surface area contributed by atoms with Crippen molar-refractivity contribution in [1.82, 2.24) is 15.0 Å². The molecule has 0 amide bonds. The number of hydrogen-bond donors (Lipinski definition) is 2. The maximum absolute atomic E-state index is 10.9. The summed E-state index contributed by atoms with van der Waals surface area (Å²) in [6, 6.07) is 0. The lowest BCUT2D eigenvalue weighted by molar-refractivity contribution is 0.0689. The maximum atomic E-state index is 10.9. The maximum Gasteiger partial charge on any atom is 0.358 e. The molecule has 0 spiro atoms. The zero-order chi connectivity index (χ0) is 10.8. The van der Waals surface area contributed by atoms with Crippen LogP contribution in [0.5, 0.6) is 0 Å². The fourth-order valence-electron chi connectivity index (χ4n) is 1.57. The number of nitrogens with two attached hydrogens (primary N) is 1. The van der Waals surface area contributed by atoms with Gasteiger partial charge in [-0.25, -0.2) is 9.48 Å². The Morgan fingerprint density at radius 3 is 2.87 bits per heavy atom. The van der Waals surface area contributed by atoms with Gasteiger partial charge >= 0.3 is 5.97 Å². The molecule has 0 aliphatic heterocycles. The Kier molecular flexibility index (Phi) is 2.68. The van der Waals surface area contributed by atoms with Crippen molar-refractivity contribution in [1.29, 1.82) is 0 Å². The molecule has 2 rings (SSSR count). The summed E-state index contributed by atoms with van der Waals surface area (Å²) in [5.41, 5.74) is 6.13. The van der Waals surface area contributed by atoms with Crippen molar-refractivity contribution in [2.75, 3.05) is 6.54 Å². The predicted octanol–water partition coefficient (Wildman–Crippen LogP) is -0.113. The van der Waals surface area contributed by atoms with Gasteiger partial charge < -0.3 is 10.8 Å². The second-order valence-corrected chi connectivity index (χ2v) is 3.85. The molecule has 0 atom stereocenters. The van der Waals surface area contributed by atoms with Gasteiger partial charge in [-0.3, -0.25) is 0 Å². The summed E-state index contributed by atoms with van der Waals surface area (Å²) in [4.78, 5) is 10.9. The van der Waals surface area contributed by atoms with Gasteiger partial charge in [0.25, 0.3) is 0 Å². The number of carboxylic acids is 1. The van der Waals surface area contributed by atoms with E-state index in [4.69, 9.17) is 10.8 Å². The molecule has 1 aliphatic carbocycles. The minimum absolute atomic E-state index is 0.0427. The minimum atomic E-state index is -1.03. The van der Waals surface area contributed by atoms with Crippen LogP contribution in [0.3, 0.4) is 0 Å². The summed E-state index contributed by atoms with van der Waals surface area (Å²) in [6.45, 7) is 1.19. The van der Waals surface area contributed by atoms with Gasteiger partial charge in [0.2, 0.25) is 0 Å². The fraction of sp³-hybridized carbons (Fsp3) is 0.667. The summed E-state index contributed by atoms with van der Waals surface area (Å²) >= 11 is 0. The molecule has 0 aromatic carbocycles. The van der Waals surface area contributed by atoms with E-state index in [1.54, 1.807) is 4.68 Å². The summed E-state index contributed by atoms with van der Waals surface area (Å²) in [5, 5.41) is 16.4. The van der Waals surface area contributed by atoms with E-state index in [9.17, 15) is 4.79 Å². The van der Waals surface area contributed by atoms with Gasteiger partial charge in [-0.2, -0.15) is 0 Å². The van der Waals surface area contributed by atoms with E-state index in [2.05, 4.69) is 10.3 Å². The van der Waals surface area contributed by atoms with Gasteiger partial charge in [0.1, 0.15) is 0 Å². The van der Waals surface area contributed by atoms with Crippen LogP contribution in [0.1, 0.15) is 29.0 Å². The van der Waals surface area contributed by atoms with E-state index in [1.165, 1.54) is 12.8 Å². The molecule has 0 saturated heterocycles. The minimum Gasteiger partial charge on any atom is -0.476 e. The molecule has 1 heterocycles. The molecule has 1 aliphatic rings. The molecule has 1 aromatic heterocycles. The highest BCUT2D eigenvalue weighted by atomic mass is 16.4. The van der Waals surface area contributed by atoms with E-state index < -0.39 is 5.97 Å². The van der Waals surface area contributed by atoms with Gasteiger partial charge in [-0.05, 0) is 25.3 Å². The normalized spacial score (nSPS) is 15.5. The van der Waals surface area contributed by atoms with Crippen molar-refractivity contribution in [2.45, 2.75) is 25.8 Å². The van der Waals surface area contributed by atoms with Crippen molar-refractivity contribution in [3.8, 4) is 0 Å². The summed E-state index contributed by atoms with van der Waals surface area (Å²) in [6.07, 6.45) is 2.91. The summed E-state index contributed by atoms with van der Waals surface area (Å²) in [7, 11) is 0. The molecule has 1 aromatic rings. The quantitative estimate of drug-likeness (QED) is 0.707. The number of nitrogens with zero attached hydrogens (tertiary/aromatic N) is 3. The standard InChI is InChI=1S/C9H14N4O2/c10-4-3-7-8(9(14)15)11-12-13(7)5-6-1-2-6/h6H,1-5,10H2,(H,14,15). The first kappa shape index (κ1) is 10.1. The first-order chi connectivity index (χ1) is 7.22. The average molecular weight is 210 g/mol. The van der Waals surface area contributed by atoms with Crippen LogP contribution < -0.4 is 5.73 Å². The number of aromatic nitrogens is 3. The van der Waals surface area contributed by atoms with Crippen LogP contribution in [-0.4, -0.2) is 32.6 Å². The van der Waals surface area contributed by atoms with Crippen molar-refractivity contribution >= 4 is 5.97 Å². The third-order valence-electron chi connectivity index (χ3n) is 2.55. The predicted molar refractivity (Wildman–Crippen MR) is 52.5 cm³/mol. The fourth-order valence-corrected chi connectivity index (χ4v) is 1.57. The number of aromatic carboxylic acids is 1. The third kappa shape index (κ3) is 2.15. The SMILES string of the molecule is NCCc1c(C(=O)O)nnn1CC1CC1. The zero-order valence-electron chi connectivity index (χ0n) is 8.39. The van der Waals surface area contributed by atoms with Crippen molar-refractivity contribution in [2.24, 2.45) is 11.7 Å². The number of carbonyl (C=O) groups is 1. The highest BCUT2D eigenvalue weighted by Gasteiger charge is 2.25. The van der Waals surface area contributed by atoms with Gasteiger partial charge in [0.15, 0.2) is 5.69 Å². The summed E-state index contributed by atoms with van der Waals surface area (Å²) < 4.78 is 1.69. The monoisotopic (exact) mass is 210 g/mol. The number of rotatable bonds is 5. The summed E-state index contributed by atoms with van der Waals surface area (Å²) in [5.74, 6) is -0.384. The van der Waals surface area contributed by atoms with E-state index >= 15 is 0 Å². The lowest BCUT2D eigenvalue weighted by Gasteiger charge is -2.04. The van der Waals surface area contributed by atoms with Gasteiger partial charge in [-0.1, -0.05) is 5.21 Å². The Hall–Kier alpha value is -1.43. The molecule has 6 nitrogen and oxygen atoms in total. The highest BCUT2D eigenvalue weighted by molar-refractivity contribution is 5.86. The third-order valence-corrected chi connectivity index (χ3v) is 2.55. The molecule has 0 unspecified atom stereocenters. The lowest BCUT2D eigenvalue weighted by atomic mass is 10.2. The Balaban J connectivity index is 2.23. The van der Waals surface area contributed by atoms with Gasteiger partial charge in [0, 0.05) is 13.0 Å². The van der Waals surface area contributed by atoms with E-state index in [0.29, 0.717) is 24.6 Å². The topological polar surface area (TPSA) is 94.0 Å². The second kappa shape index (κ2) is 3.98. The molecule has 3 N–H and O–H groups in total. The highest BCUT2D eigenvalue weighted by Crippen LogP contribution is 2.30. The van der Waals surface area contributed by atoms with Crippen molar-refractivity contribution in [3.05, 3.63) is 11.4 Å². The number of hydrogen-bond acceptors (Lipinski definition) is 4. The van der Waals surface area contributed by atoms with Crippen molar-refractivity contribution < 1.29 is 9.90 Å². The van der Waals surface area contributed by atoms with Crippen LogP contribution in [0.2, 0.25) is 0 Å². The lowest BCUT2D eigenvalue weighted by Crippen LogP contribution is -2.14. The second-order valence-electron chi connectivity index (χ2n) is 3.85. The van der Waals surface area contributed by atoms with Crippen LogP contribution in [-0.2, 0) is 13.0 Å². The zero-order valence-corrected chi connectivity index (χ0v) is 8.39. The Labute approximate surface area is 87.1 Å². The van der Waals surface area contributed by atoms with Gasteiger partial charge in [0.05, 0.1) is 5.69 Å². The van der Waals surface area contributed by atoms with E-state index in [1.807, 2.05) is 0 Å². The van der Waals surface area contributed by atoms with Crippen LogP contribution in [0.4, 0.5) is 0 Å². The Morgan fingerprint density at radius 1 is 1.60 bits per heavy atom. The molecular weight excluding hydrogens is 196 g/mol.